The number of nitro benzene ring substituents is 1. The Balaban J connectivity index is 1.61. The number of amides is 2. The van der Waals surface area contributed by atoms with Gasteiger partial charge in [0.1, 0.15) is 0 Å². The summed E-state index contributed by atoms with van der Waals surface area (Å²) in [6.07, 6.45) is 0.257. The fourth-order valence-corrected chi connectivity index (χ4v) is 3.10. The summed E-state index contributed by atoms with van der Waals surface area (Å²) in [5.74, 6) is -0.253. The minimum Gasteiger partial charge on any atom is -0.369 e. The molecule has 1 unspecified atom stereocenters. The molecule has 2 aliphatic rings. The lowest BCUT2D eigenvalue weighted by Gasteiger charge is -2.38. The molecule has 0 aliphatic carbocycles. The van der Waals surface area contributed by atoms with Crippen LogP contribution in [-0.2, 0) is 9.59 Å². The molecule has 0 aromatic heterocycles. The van der Waals surface area contributed by atoms with Crippen molar-refractivity contribution in [1.29, 1.82) is 0 Å². The second kappa shape index (κ2) is 5.96. The number of anilines is 1. The van der Waals surface area contributed by atoms with E-state index in [0.717, 1.165) is 18.8 Å². The Morgan fingerprint density at radius 3 is 2.17 bits per heavy atom. The van der Waals surface area contributed by atoms with Crippen molar-refractivity contribution in [3.8, 4) is 0 Å². The summed E-state index contributed by atoms with van der Waals surface area (Å²) in [6.45, 7) is 2.82. The van der Waals surface area contributed by atoms with Crippen LogP contribution in [0, 0.1) is 10.1 Å². The van der Waals surface area contributed by atoms with Crippen LogP contribution in [0.4, 0.5) is 11.4 Å². The number of nitro groups is 1. The highest BCUT2D eigenvalue weighted by molar-refractivity contribution is 6.05. The van der Waals surface area contributed by atoms with E-state index in [2.05, 4.69) is 4.90 Å². The molecule has 1 atom stereocenters. The zero-order chi connectivity index (χ0) is 16.6. The molecule has 2 saturated heterocycles. The molecule has 2 aliphatic heterocycles. The lowest BCUT2D eigenvalue weighted by Crippen LogP contribution is -2.52. The van der Waals surface area contributed by atoms with Crippen LogP contribution in [0.2, 0.25) is 0 Å². The molecular formula is C15H18N4O4. The van der Waals surface area contributed by atoms with Crippen LogP contribution < -0.4 is 4.90 Å². The third kappa shape index (κ3) is 2.89. The van der Waals surface area contributed by atoms with Gasteiger partial charge in [-0.1, -0.05) is 0 Å². The lowest BCUT2D eigenvalue weighted by atomic mass is 10.1. The number of piperazine rings is 1. The van der Waals surface area contributed by atoms with Crippen molar-refractivity contribution in [1.82, 2.24) is 9.80 Å². The zero-order valence-electron chi connectivity index (χ0n) is 12.8. The summed E-state index contributed by atoms with van der Waals surface area (Å²) in [5.41, 5.74) is 1.01. The van der Waals surface area contributed by atoms with Crippen molar-refractivity contribution in [3.63, 3.8) is 0 Å². The highest BCUT2D eigenvalue weighted by atomic mass is 16.6. The van der Waals surface area contributed by atoms with Crippen LogP contribution in [0.5, 0.6) is 0 Å². The summed E-state index contributed by atoms with van der Waals surface area (Å²) in [7, 11) is 1.53. The van der Waals surface area contributed by atoms with Crippen molar-refractivity contribution in [3.05, 3.63) is 34.4 Å². The molecule has 8 nitrogen and oxygen atoms in total. The van der Waals surface area contributed by atoms with E-state index in [1.165, 1.54) is 24.1 Å². The molecule has 0 bridgehead atoms. The van der Waals surface area contributed by atoms with Gasteiger partial charge in [0.15, 0.2) is 0 Å². The highest BCUT2D eigenvalue weighted by Gasteiger charge is 2.40. The average Bonchev–Trinajstić information content (AvgIpc) is 2.83. The molecule has 2 fully saturated rings. The molecule has 122 valence electrons. The summed E-state index contributed by atoms with van der Waals surface area (Å²) >= 11 is 0. The van der Waals surface area contributed by atoms with Gasteiger partial charge in [0.2, 0.25) is 11.8 Å². The van der Waals surface area contributed by atoms with Gasteiger partial charge in [-0.3, -0.25) is 29.5 Å². The number of hydrogen-bond acceptors (Lipinski definition) is 6. The van der Waals surface area contributed by atoms with Gasteiger partial charge >= 0.3 is 0 Å². The van der Waals surface area contributed by atoms with Crippen molar-refractivity contribution < 1.29 is 14.5 Å². The number of imide groups is 1. The smallest absolute Gasteiger partial charge is 0.269 e. The van der Waals surface area contributed by atoms with Gasteiger partial charge < -0.3 is 4.90 Å². The largest absolute Gasteiger partial charge is 0.369 e. The first kappa shape index (κ1) is 15.4. The number of carbonyl (C=O) groups is 2. The average molecular weight is 318 g/mol. The van der Waals surface area contributed by atoms with Gasteiger partial charge in [-0.25, -0.2) is 0 Å². The molecule has 23 heavy (non-hydrogen) atoms. The van der Waals surface area contributed by atoms with E-state index in [0.29, 0.717) is 13.1 Å². The van der Waals surface area contributed by atoms with Crippen LogP contribution in [0.15, 0.2) is 24.3 Å². The van der Waals surface area contributed by atoms with Gasteiger partial charge in [-0.2, -0.15) is 0 Å². The van der Waals surface area contributed by atoms with Gasteiger partial charge in [0.05, 0.1) is 17.4 Å². The molecule has 8 heteroatoms. The summed E-state index contributed by atoms with van der Waals surface area (Å²) in [5, 5.41) is 10.7. The minimum atomic E-state index is -0.416. The normalized spacial score (nSPS) is 22.7. The van der Waals surface area contributed by atoms with E-state index in [-0.39, 0.29) is 30.0 Å². The number of hydrogen-bond donors (Lipinski definition) is 0. The Hall–Kier alpha value is -2.48. The number of rotatable bonds is 3. The Morgan fingerprint density at radius 1 is 1.09 bits per heavy atom. The molecule has 1 aromatic rings. The third-order valence-electron chi connectivity index (χ3n) is 4.54. The van der Waals surface area contributed by atoms with E-state index < -0.39 is 4.92 Å². The van der Waals surface area contributed by atoms with Crippen molar-refractivity contribution >= 4 is 23.2 Å². The van der Waals surface area contributed by atoms with E-state index in [1.54, 1.807) is 12.1 Å². The maximum Gasteiger partial charge on any atom is 0.269 e. The Morgan fingerprint density at radius 2 is 1.70 bits per heavy atom. The Labute approximate surface area is 133 Å². The van der Waals surface area contributed by atoms with Crippen LogP contribution in [0.3, 0.4) is 0 Å². The lowest BCUT2D eigenvalue weighted by molar-refractivity contribution is -0.384. The third-order valence-corrected chi connectivity index (χ3v) is 4.54. The van der Waals surface area contributed by atoms with Crippen molar-refractivity contribution in [2.24, 2.45) is 0 Å². The number of non-ortho nitro benzene ring substituents is 1. The molecule has 2 amide bonds. The van der Waals surface area contributed by atoms with Gasteiger partial charge in [-0.05, 0) is 12.1 Å². The number of likely N-dealkylation sites (tertiary alicyclic amines) is 1. The maximum absolute atomic E-state index is 12.1. The van der Waals surface area contributed by atoms with E-state index in [9.17, 15) is 19.7 Å². The quantitative estimate of drug-likeness (QED) is 0.457. The SMILES string of the molecule is CN1C(=O)CC(N2CCN(c3ccc([N+](=O)[O-])cc3)CC2)C1=O. The van der Waals surface area contributed by atoms with Crippen molar-refractivity contribution in [2.75, 3.05) is 38.1 Å². The molecule has 0 radical (unpaired) electrons. The fraction of sp³-hybridized carbons (Fsp3) is 0.467. The molecule has 2 heterocycles. The topological polar surface area (TPSA) is 87.0 Å². The molecule has 1 aromatic carbocycles. The minimum absolute atomic E-state index is 0.0745. The first-order valence-electron chi connectivity index (χ1n) is 7.51. The summed E-state index contributed by atoms with van der Waals surface area (Å²) < 4.78 is 0. The monoisotopic (exact) mass is 318 g/mol. The molecular weight excluding hydrogens is 300 g/mol. The second-order valence-corrected chi connectivity index (χ2v) is 5.81. The maximum atomic E-state index is 12.1. The summed E-state index contributed by atoms with van der Waals surface area (Å²) in [4.78, 5) is 39.3. The van der Waals surface area contributed by atoms with Gasteiger partial charge in [-0.15, -0.1) is 0 Å². The number of nitrogens with zero attached hydrogens (tertiary/aromatic N) is 4. The predicted molar refractivity (Wildman–Crippen MR) is 83.1 cm³/mol. The molecule has 3 rings (SSSR count). The Bertz CT molecular complexity index is 637. The zero-order valence-corrected chi connectivity index (χ0v) is 12.8. The Kier molecular flexibility index (Phi) is 3.99. The van der Waals surface area contributed by atoms with Crippen LogP contribution in [-0.4, -0.2) is 65.8 Å². The summed E-state index contributed by atoms with van der Waals surface area (Å²) in [6, 6.07) is 6.13. The highest BCUT2D eigenvalue weighted by Crippen LogP contribution is 2.23. The van der Waals surface area contributed by atoms with Crippen LogP contribution in [0.1, 0.15) is 6.42 Å². The number of benzene rings is 1. The predicted octanol–water partition coefficient (Wildman–Crippen LogP) is 0.474. The van der Waals surface area contributed by atoms with Gasteiger partial charge in [0.25, 0.3) is 5.69 Å². The van der Waals surface area contributed by atoms with E-state index in [4.69, 9.17) is 0 Å². The molecule has 0 saturated carbocycles. The van der Waals surface area contributed by atoms with Crippen LogP contribution >= 0.6 is 0 Å². The molecule has 0 spiro atoms. The van der Waals surface area contributed by atoms with Gasteiger partial charge in [0, 0.05) is 51.0 Å². The second-order valence-electron chi connectivity index (χ2n) is 5.81. The first-order chi connectivity index (χ1) is 11.0. The number of carbonyl (C=O) groups excluding carboxylic acids is 2. The number of likely N-dealkylation sites (N-methyl/N-ethyl adjacent to an activating group) is 1. The first-order valence-corrected chi connectivity index (χ1v) is 7.51. The standard InChI is InChI=1S/C15H18N4O4/c1-16-14(20)10-13(15(16)21)18-8-6-17(7-9-18)11-2-4-12(5-3-11)19(22)23/h2-5,13H,6-10H2,1H3. The van der Waals surface area contributed by atoms with Crippen molar-refractivity contribution in [2.45, 2.75) is 12.5 Å². The van der Waals surface area contributed by atoms with Crippen LogP contribution in [0.25, 0.3) is 0 Å². The fourth-order valence-electron chi connectivity index (χ4n) is 3.10. The van der Waals surface area contributed by atoms with E-state index in [1.807, 2.05) is 4.90 Å². The molecule has 0 N–H and O–H groups in total. The van der Waals surface area contributed by atoms with E-state index >= 15 is 0 Å².